The molecule has 0 unspecified atom stereocenters. The van der Waals surface area contributed by atoms with Crippen LogP contribution in [0.1, 0.15) is 46.2 Å². The van der Waals surface area contributed by atoms with Crippen molar-refractivity contribution in [1.29, 1.82) is 0 Å². The number of aliphatic imine (C=N–C) groups is 1. The lowest BCUT2D eigenvalue weighted by Gasteiger charge is -2.37. The van der Waals surface area contributed by atoms with E-state index < -0.39 is 0 Å². The van der Waals surface area contributed by atoms with Crippen molar-refractivity contribution < 1.29 is 13.9 Å². The Hall–Kier alpha value is -4.09. The van der Waals surface area contributed by atoms with Gasteiger partial charge in [-0.25, -0.2) is 4.39 Å². The van der Waals surface area contributed by atoms with Gasteiger partial charge in [-0.1, -0.05) is 65.7 Å². The summed E-state index contributed by atoms with van der Waals surface area (Å²) in [5.74, 6) is 1.53. The molecule has 2 aliphatic rings. The highest BCUT2D eigenvalue weighted by molar-refractivity contribution is 6.32. The van der Waals surface area contributed by atoms with Crippen LogP contribution in [0.3, 0.4) is 0 Å². The van der Waals surface area contributed by atoms with Gasteiger partial charge in [-0.05, 0) is 84.0 Å². The van der Waals surface area contributed by atoms with E-state index in [1.54, 1.807) is 31.5 Å². The Labute approximate surface area is 239 Å². The Balaban J connectivity index is 1.17. The maximum absolute atomic E-state index is 13.5. The molecule has 6 heteroatoms. The van der Waals surface area contributed by atoms with Crippen molar-refractivity contribution in [2.45, 2.75) is 31.9 Å². The number of benzene rings is 4. The Bertz CT molecular complexity index is 1600. The van der Waals surface area contributed by atoms with E-state index in [0.717, 1.165) is 17.7 Å². The van der Waals surface area contributed by atoms with Crippen LogP contribution in [-0.4, -0.2) is 13.3 Å². The van der Waals surface area contributed by atoms with Crippen molar-refractivity contribution in [2.75, 3.05) is 12.4 Å². The molecule has 1 heterocycles. The molecule has 4 nitrogen and oxygen atoms in total. The molecule has 1 aliphatic carbocycles. The zero-order chi connectivity index (χ0) is 27.6. The van der Waals surface area contributed by atoms with Crippen LogP contribution >= 0.6 is 11.6 Å². The van der Waals surface area contributed by atoms with Crippen LogP contribution in [0.15, 0.2) is 96.0 Å². The molecule has 202 valence electrons. The molecule has 4 aromatic carbocycles. The van der Waals surface area contributed by atoms with E-state index in [0.29, 0.717) is 33.9 Å². The summed E-state index contributed by atoms with van der Waals surface area (Å²) in [6, 6.07) is 25.2. The third-order valence-electron chi connectivity index (χ3n) is 7.66. The van der Waals surface area contributed by atoms with Gasteiger partial charge in [0, 0.05) is 17.8 Å². The number of aryl methyl sites for hydroxylation is 1. The van der Waals surface area contributed by atoms with Gasteiger partial charge in [0.2, 0.25) is 0 Å². The predicted molar refractivity (Wildman–Crippen MR) is 160 cm³/mol. The number of allylic oxidation sites excluding steroid dienone is 2. The lowest BCUT2D eigenvalue weighted by molar-refractivity contribution is 0.284. The van der Waals surface area contributed by atoms with Gasteiger partial charge in [0.1, 0.15) is 12.4 Å². The third-order valence-corrected chi connectivity index (χ3v) is 7.94. The summed E-state index contributed by atoms with van der Waals surface area (Å²) >= 11 is 6.54. The summed E-state index contributed by atoms with van der Waals surface area (Å²) in [4.78, 5) is 4.67. The number of hydrogen-bond donors (Lipinski definition) is 1. The average molecular weight is 553 g/mol. The number of fused-ring (bicyclic) bond motifs is 3. The second kappa shape index (κ2) is 11.2. The first kappa shape index (κ1) is 26.1. The summed E-state index contributed by atoms with van der Waals surface area (Å²) in [6.07, 6.45) is 7.51. The first-order chi connectivity index (χ1) is 19.5. The smallest absolute Gasteiger partial charge is 0.180 e. The van der Waals surface area contributed by atoms with Gasteiger partial charge in [-0.2, -0.15) is 0 Å². The van der Waals surface area contributed by atoms with E-state index in [2.05, 4.69) is 59.7 Å². The van der Waals surface area contributed by atoms with Gasteiger partial charge >= 0.3 is 0 Å². The molecule has 0 saturated heterocycles. The second-order valence-electron chi connectivity index (χ2n) is 10.4. The van der Waals surface area contributed by atoms with Crippen molar-refractivity contribution in [2.24, 2.45) is 10.9 Å². The van der Waals surface area contributed by atoms with Crippen molar-refractivity contribution in [1.82, 2.24) is 0 Å². The fourth-order valence-electron chi connectivity index (χ4n) is 5.70. The summed E-state index contributed by atoms with van der Waals surface area (Å²) in [7, 11) is 1.56. The second-order valence-corrected chi connectivity index (χ2v) is 10.8. The van der Waals surface area contributed by atoms with E-state index in [-0.39, 0.29) is 18.5 Å². The molecule has 40 heavy (non-hydrogen) atoms. The molecule has 0 aromatic heterocycles. The lowest BCUT2D eigenvalue weighted by Crippen LogP contribution is -2.29. The van der Waals surface area contributed by atoms with E-state index in [1.807, 2.05) is 18.2 Å². The van der Waals surface area contributed by atoms with E-state index >= 15 is 0 Å². The van der Waals surface area contributed by atoms with Crippen LogP contribution in [0.2, 0.25) is 5.02 Å². The highest BCUT2D eigenvalue weighted by Crippen LogP contribution is 2.50. The minimum absolute atomic E-state index is 0.173. The van der Waals surface area contributed by atoms with Gasteiger partial charge in [0.25, 0.3) is 0 Å². The zero-order valence-corrected chi connectivity index (χ0v) is 23.2. The number of methoxy groups -OCH3 is 1. The van der Waals surface area contributed by atoms with Gasteiger partial charge in [0.05, 0.1) is 23.9 Å². The van der Waals surface area contributed by atoms with Crippen molar-refractivity contribution in [3.8, 4) is 11.5 Å². The Morgan fingerprint density at radius 1 is 1.05 bits per heavy atom. The minimum Gasteiger partial charge on any atom is -0.493 e. The molecule has 0 saturated carbocycles. The zero-order valence-electron chi connectivity index (χ0n) is 22.4. The van der Waals surface area contributed by atoms with Gasteiger partial charge < -0.3 is 14.8 Å². The molecule has 0 spiro atoms. The normalized spacial score (nSPS) is 19.2. The summed E-state index contributed by atoms with van der Waals surface area (Å²) in [6.45, 7) is 2.33. The molecule has 0 radical (unpaired) electrons. The highest BCUT2D eigenvalue weighted by atomic mass is 35.5. The number of rotatable bonds is 7. The van der Waals surface area contributed by atoms with E-state index in [4.69, 9.17) is 21.1 Å². The predicted octanol–water partition coefficient (Wildman–Crippen LogP) is 8.95. The maximum atomic E-state index is 13.5. The molecule has 0 amide bonds. The van der Waals surface area contributed by atoms with Crippen LogP contribution < -0.4 is 14.8 Å². The van der Waals surface area contributed by atoms with Crippen molar-refractivity contribution in [3.05, 3.63) is 130 Å². The van der Waals surface area contributed by atoms with Crippen LogP contribution in [0.5, 0.6) is 11.5 Å². The maximum Gasteiger partial charge on any atom is 0.180 e. The molecular weight excluding hydrogens is 523 g/mol. The molecule has 0 fully saturated rings. The number of nitrogens with zero attached hydrogens (tertiary/aromatic N) is 1. The molecular formula is C34H30ClFN2O2. The quantitative estimate of drug-likeness (QED) is 0.184. The van der Waals surface area contributed by atoms with E-state index in [9.17, 15) is 4.39 Å². The number of halogens is 2. The number of anilines is 1. The summed E-state index contributed by atoms with van der Waals surface area (Å²) in [5.41, 5.74) is 7.51. The monoisotopic (exact) mass is 552 g/mol. The lowest BCUT2D eigenvalue weighted by atomic mass is 9.76. The SMILES string of the molecule is COc1cc(C=Nc2ccc([C@@H]3Nc4ccc(C)cc4[C@@H]4C=CC[C@H]43)cc2)cc(Cl)c1OCc1cccc(F)c1. The standard InChI is InChI=1S/C34H30ClFN2O2/c1-21-9-14-31-29(15-21)27-7-4-8-28(27)33(38-31)24-10-12-26(13-11-24)37-19-23-17-30(35)34(32(18-23)39-2)40-20-22-5-3-6-25(36)16-22/h3-7,9-19,27-28,33,38H,8,20H2,1-2H3/t27-,28-,33+/m1/s1. The minimum atomic E-state index is -0.311. The molecule has 3 atom stereocenters. The van der Waals surface area contributed by atoms with Crippen molar-refractivity contribution in [3.63, 3.8) is 0 Å². The van der Waals surface area contributed by atoms with Gasteiger partial charge in [0.15, 0.2) is 11.5 Å². The van der Waals surface area contributed by atoms with Crippen LogP contribution in [-0.2, 0) is 6.61 Å². The third kappa shape index (κ3) is 5.34. The highest BCUT2D eigenvalue weighted by Gasteiger charge is 2.37. The molecule has 1 aliphatic heterocycles. The number of nitrogens with one attached hydrogen (secondary N) is 1. The molecule has 4 aromatic rings. The average Bonchev–Trinajstić information content (AvgIpc) is 3.46. The van der Waals surface area contributed by atoms with Crippen LogP contribution in [0.4, 0.5) is 15.8 Å². The fourth-order valence-corrected chi connectivity index (χ4v) is 5.97. The Kier molecular flexibility index (Phi) is 7.31. The van der Waals surface area contributed by atoms with Gasteiger partial charge in [-0.3, -0.25) is 4.99 Å². The Morgan fingerprint density at radius 2 is 1.90 bits per heavy atom. The van der Waals surface area contributed by atoms with Gasteiger partial charge in [-0.15, -0.1) is 0 Å². The van der Waals surface area contributed by atoms with E-state index in [1.165, 1.54) is 34.5 Å². The largest absolute Gasteiger partial charge is 0.493 e. The van der Waals surface area contributed by atoms with Crippen molar-refractivity contribution >= 4 is 29.2 Å². The Morgan fingerprint density at radius 3 is 2.70 bits per heavy atom. The van der Waals surface area contributed by atoms with Crippen LogP contribution in [0, 0.1) is 18.7 Å². The molecule has 6 rings (SSSR count). The first-order valence-electron chi connectivity index (χ1n) is 13.4. The summed E-state index contributed by atoms with van der Waals surface area (Å²) < 4.78 is 24.9. The first-order valence-corrected chi connectivity index (χ1v) is 13.8. The van der Waals surface area contributed by atoms with Crippen LogP contribution in [0.25, 0.3) is 0 Å². The topological polar surface area (TPSA) is 42.8 Å². The fraction of sp³-hybridized carbons (Fsp3) is 0.206. The summed E-state index contributed by atoms with van der Waals surface area (Å²) in [5, 5.41) is 4.19. The number of ether oxygens (including phenoxy) is 2. The molecule has 1 N–H and O–H groups in total. The number of hydrogen-bond acceptors (Lipinski definition) is 4. The molecule has 0 bridgehead atoms.